The van der Waals surface area contributed by atoms with Gasteiger partial charge in [-0.25, -0.2) is 4.79 Å². The van der Waals surface area contributed by atoms with Gasteiger partial charge in [0.2, 0.25) is 0 Å². The van der Waals surface area contributed by atoms with Crippen molar-refractivity contribution in [2.75, 3.05) is 6.54 Å². The van der Waals surface area contributed by atoms with Crippen LogP contribution in [0.2, 0.25) is 0 Å². The molecule has 0 aliphatic carbocycles. The molecular weight excluding hydrogens is 428 g/mol. The van der Waals surface area contributed by atoms with E-state index in [1.165, 1.54) is 96.0 Å². The van der Waals surface area contributed by atoms with E-state index in [0.717, 1.165) is 18.4 Å². The minimum atomic E-state index is -0.674. The number of nitro groups is 1. The van der Waals surface area contributed by atoms with Gasteiger partial charge in [-0.2, -0.15) is 0 Å². The van der Waals surface area contributed by atoms with Gasteiger partial charge in [-0.05, 0) is 31.9 Å². The first-order valence-electron chi connectivity index (χ1n) is 13.6. The Morgan fingerprint density at radius 3 is 1.82 bits per heavy atom. The molecule has 1 aromatic rings. The molecule has 1 unspecified atom stereocenters. The number of ether oxygens (including phenoxy) is 1. The quantitative estimate of drug-likeness (QED) is 0.116. The monoisotopic (exact) mass is 476 g/mol. The first kappa shape index (κ1) is 29.9. The first-order chi connectivity index (χ1) is 16.5. The lowest BCUT2D eigenvalue weighted by Gasteiger charge is -2.14. The molecule has 0 radical (unpaired) electrons. The number of nitrogens with one attached hydrogen (secondary N) is 1. The van der Waals surface area contributed by atoms with Gasteiger partial charge in [0.1, 0.15) is 6.10 Å². The fraction of sp³-hybridized carbons (Fsp3) is 0.750. The van der Waals surface area contributed by atoms with Crippen molar-refractivity contribution in [3.05, 3.63) is 39.4 Å². The highest BCUT2D eigenvalue weighted by Crippen LogP contribution is 2.28. The number of hydrogen-bond acceptors (Lipinski definition) is 4. The van der Waals surface area contributed by atoms with Crippen molar-refractivity contribution in [2.24, 2.45) is 0 Å². The number of aryl methyl sites for hydroxylation is 1. The summed E-state index contributed by atoms with van der Waals surface area (Å²) in [7, 11) is 0. The molecule has 1 amide bonds. The predicted molar refractivity (Wildman–Crippen MR) is 140 cm³/mol. The average Bonchev–Trinajstić information content (AvgIpc) is 2.80. The van der Waals surface area contributed by atoms with Gasteiger partial charge < -0.3 is 10.1 Å². The van der Waals surface area contributed by atoms with Crippen molar-refractivity contribution in [3.8, 4) is 0 Å². The van der Waals surface area contributed by atoms with E-state index in [2.05, 4.69) is 12.2 Å². The van der Waals surface area contributed by atoms with E-state index in [4.69, 9.17) is 4.74 Å². The molecule has 1 atom stereocenters. The Morgan fingerprint density at radius 2 is 1.35 bits per heavy atom. The summed E-state index contributed by atoms with van der Waals surface area (Å²) in [5, 5.41) is 14.0. The Kier molecular flexibility index (Phi) is 16.9. The summed E-state index contributed by atoms with van der Waals surface area (Å²) in [5.41, 5.74) is 1.20. The van der Waals surface area contributed by atoms with E-state index in [-0.39, 0.29) is 5.69 Å². The van der Waals surface area contributed by atoms with Crippen LogP contribution in [0.5, 0.6) is 0 Å². The summed E-state index contributed by atoms with van der Waals surface area (Å²) in [4.78, 5) is 22.9. The molecule has 0 fully saturated rings. The number of hydrogen-bond donors (Lipinski definition) is 1. The lowest BCUT2D eigenvalue weighted by Crippen LogP contribution is -2.26. The largest absolute Gasteiger partial charge is 0.441 e. The fourth-order valence-corrected chi connectivity index (χ4v) is 4.28. The molecule has 0 heterocycles. The van der Waals surface area contributed by atoms with Crippen molar-refractivity contribution in [3.63, 3.8) is 0 Å². The first-order valence-corrected chi connectivity index (χ1v) is 13.6. The Hall–Kier alpha value is -2.11. The van der Waals surface area contributed by atoms with E-state index < -0.39 is 17.1 Å². The Labute approximate surface area is 207 Å². The Morgan fingerprint density at radius 1 is 0.882 bits per heavy atom. The SMILES string of the molecule is CCCCCCCCCCCCCCCCCCNC(=O)OC(C)c1ccc(C)cc1[N+](=O)[O-]. The van der Waals surface area contributed by atoms with Crippen molar-refractivity contribution in [1.82, 2.24) is 5.32 Å². The van der Waals surface area contributed by atoms with Crippen LogP contribution >= 0.6 is 0 Å². The van der Waals surface area contributed by atoms with E-state index in [1.54, 1.807) is 26.0 Å². The number of nitrogens with zero attached hydrogens (tertiary/aromatic N) is 1. The summed E-state index contributed by atoms with van der Waals surface area (Å²) in [6.45, 7) is 6.30. The van der Waals surface area contributed by atoms with Gasteiger partial charge in [0, 0.05) is 12.6 Å². The molecule has 1 aromatic carbocycles. The maximum atomic E-state index is 12.0. The number of amides is 1. The second-order valence-corrected chi connectivity index (χ2v) is 9.60. The Balaban J connectivity index is 1.97. The third-order valence-electron chi connectivity index (χ3n) is 6.40. The zero-order valence-corrected chi connectivity index (χ0v) is 21.9. The van der Waals surface area contributed by atoms with E-state index in [1.807, 2.05) is 0 Å². The van der Waals surface area contributed by atoms with Crippen LogP contribution in [0, 0.1) is 17.0 Å². The summed E-state index contributed by atoms with van der Waals surface area (Å²) in [6, 6.07) is 4.95. The molecule has 0 aliphatic rings. The molecule has 1 N–H and O–H groups in total. The lowest BCUT2D eigenvalue weighted by atomic mass is 10.0. The summed E-state index contributed by atoms with van der Waals surface area (Å²) in [5.74, 6) is 0. The van der Waals surface area contributed by atoms with Crippen molar-refractivity contribution in [1.29, 1.82) is 0 Å². The predicted octanol–water partition coefficient (Wildman–Crippen LogP) is 8.95. The van der Waals surface area contributed by atoms with E-state index >= 15 is 0 Å². The van der Waals surface area contributed by atoms with Crippen molar-refractivity contribution < 1.29 is 14.5 Å². The molecule has 0 spiro atoms. The maximum Gasteiger partial charge on any atom is 0.407 e. The molecule has 0 bridgehead atoms. The lowest BCUT2D eigenvalue weighted by molar-refractivity contribution is -0.386. The van der Waals surface area contributed by atoms with Crippen LogP contribution in [0.3, 0.4) is 0 Å². The zero-order chi connectivity index (χ0) is 25.0. The third-order valence-corrected chi connectivity index (χ3v) is 6.40. The molecule has 1 rings (SSSR count). The second-order valence-electron chi connectivity index (χ2n) is 9.60. The minimum Gasteiger partial charge on any atom is -0.441 e. The van der Waals surface area contributed by atoms with Crippen LogP contribution in [0.4, 0.5) is 10.5 Å². The van der Waals surface area contributed by atoms with Crippen LogP contribution < -0.4 is 5.32 Å². The number of alkyl carbamates (subject to hydrolysis) is 1. The number of carbonyl (C=O) groups excluding carboxylic acids is 1. The van der Waals surface area contributed by atoms with Gasteiger partial charge in [0.25, 0.3) is 5.69 Å². The molecular formula is C28H48N2O4. The van der Waals surface area contributed by atoms with Gasteiger partial charge >= 0.3 is 6.09 Å². The molecule has 0 aliphatic heterocycles. The van der Waals surface area contributed by atoms with Crippen molar-refractivity contribution in [2.45, 2.75) is 130 Å². The molecule has 0 saturated heterocycles. The molecule has 34 heavy (non-hydrogen) atoms. The number of carbonyl (C=O) groups is 1. The number of rotatable bonds is 20. The molecule has 0 saturated carbocycles. The third kappa shape index (κ3) is 14.2. The van der Waals surface area contributed by atoms with E-state index in [0.29, 0.717) is 12.1 Å². The van der Waals surface area contributed by atoms with Crippen LogP contribution in [-0.4, -0.2) is 17.6 Å². The maximum absolute atomic E-state index is 12.0. The number of benzene rings is 1. The highest BCUT2D eigenvalue weighted by atomic mass is 16.6. The molecule has 6 nitrogen and oxygen atoms in total. The van der Waals surface area contributed by atoms with Gasteiger partial charge in [-0.15, -0.1) is 0 Å². The fourth-order valence-electron chi connectivity index (χ4n) is 4.28. The summed E-state index contributed by atoms with van der Waals surface area (Å²) >= 11 is 0. The van der Waals surface area contributed by atoms with Crippen LogP contribution in [-0.2, 0) is 4.74 Å². The molecule has 6 heteroatoms. The highest BCUT2D eigenvalue weighted by molar-refractivity contribution is 5.67. The summed E-state index contributed by atoms with van der Waals surface area (Å²) in [6.07, 6.45) is 19.8. The smallest absolute Gasteiger partial charge is 0.407 e. The Bertz CT molecular complexity index is 693. The minimum absolute atomic E-state index is 0.0156. The molecule has 194 valence electrons. The van der Waals surface area contributed by atoms with Gasteiger partial charge in [0.05, 0.1) is 10.5 Å². The topological polar surface area (TPSA) is 81.5 Å². The van der Waals surface area contributed by atoms with E-state index in [9.17, 15) is 14.9 Å². The van der Waals surface area contributed by atoms with Crippen LogP contribution in [0.15, 0.2) is 18.2 Å². The average molecular weight is 477 g/mol. The number of nitro benzene ring substituents is 1. The number of unbranched alkanes of at least 4 members (excludes halogenated alkanes) is 15. The van der Waals surface area contributed by atoms with Gasteiger partial charge in [0.15, 0.2) is 0 Å². The second kappa shape index (κ2) is 19.2. The highest BCUT2D eigenvalue weighted by Gasteiger charge is 2.21. The zero-order valence-electron chi connectivity index (χ0n) is 21.9. The molecule has 0 aromatic heterocycles. The standard InChI is InChI=1S/C28H48N2O4/c1-4-5-6-7-8-9-10-11-12-13-14-15-16-17-18-19-22-29-28(31)34-25(3)26-21-20-24(2)23-27(26)30(32)33/h20-21,23,25H,4-19,22H2,1-3H3,(H,29,31). The van der Waals surface area contributed by atoms with Gasteiger partial charge in [-0.1, -0.05) is 109 Å². The summed E-state index contributed by atoms with van der Waals surface area (Å²) < 4.78 is 5.34. The van der Waals surface area contributed by atoms with Gasteiger partial charge in [-0.3, -0.25) is 10.1 Å². The normalized spacial score (nSPS) is 11.9. The van der Waals surface area contributed by atoms with Crippen LogP contribution in [0.1, 0.15) is 134 Å². The van der Waals surface area contributed by atoms with Crippen molar-refractivity contribution >= 4 is 11.8 Å². The van der Waals surface area contributed by atoms with Crippen LogP contribution in [0.25, 0.3) is 0 Å².